The van der Waals surface area contributed by atoms with Crippen molar-refractivity contribution in [3.8, 4) is 44.5 Å². The number of rotatable bonds is 4. The molecule has 0 aliphatic rings. The molecule has 0 bridgehead atoms. The normalized spacial score (nSPS) is 11.9. The van der Waals surface area contributed by atoms with Crippen molar-refractivity contribution in [2.45, 2.75) is 0 Å². The summed E-state index contributed by atoms with van der Waals surface area (Å²) in [6.07, 6.45) is 0. The second-order valence-electron chi connectivity index (χ2n) is 15.1. The topological polar surface area (TPSA) is 0 Å². The van der Waals surface area contributed by atoms with E-state index in [0.717, 1.165) is 0 Å². The number of hydrogen-bond acceptors (Lipinski definition) is 0. The van der Waals surface area contributed by atoms with Gasteiger partial charge in [-0.15, -0.1) is 0 Å². The maximum atomic E-state index is 2.42. The van der Waals surface area contributed by atoms with E-state index in [1.807, 2.05) is 0 Å². The van der Waals surface area contributed by atoms with Crippen LogP contribution in [0, 0.1) is 0 Å². The third-order valence-electron chi connectivity index (χ3n) is 12.2. The fraction of sp³-hybridized carbons (Fsp3) is 0. The highest BCUT2D eigenvalue weighted by Crippen LogP contribution is 2.51. The van der Waals surface area contributed by atoms with Crippen molar-refractivity contribution in [2.24, 2.45) is 0 Å². The zero-order valence-electron chi connectivity index (χ0n) is 30.6. The van der Waals surface area contributed by atoms with Crippen LogP contribution in [-0.4, -0.2) is 0 Å². The minimum Gasteiger partial charge on any atom is -0.0622 e. The quantitative estimate of drug-likeness (QED) is 0.126. The van der Waals surface area contributed by atoms with Crippen LogP contribution in [0.3, 0.4) is 0 Å². The molecular weight excluding hydrogens is 673 g/mol. The summed E-state index contributed by atoms with van der Waals surface area (Å²) in [6.45, 7) is 0. The van der Waals surface area contributed by atoms with Gasteiger partial charge < -0.3 is 0 Å². The van der Waals surface area contributed by atoms with Crippen LogP contribution in [0.4, 0.5) is 0 Å². The largest absolute Gasteiger partial charge is 0.0622 e. The smallest absolute Gasteiger partial charge is 0.00134 e. The Kier molecular flexibility index (Phi) is 6.73. The Balaban J connectivity index is 1.21. The van der Waals surface area contributed by atoms with Crippen molar-refractivity contribution in [1.29, 1.82) is 0 Å². The highest BCUT2D eigenvalue weighted by Gasteiger charge is 2.23. The van der Waals surface area contributed by atoms with Gasteiger partial charge in [-0.25, -0.2) is 0 Å². The van der Waals surface area contributed by atoms with Gasteiger partial charge in [-0.3, -0.25) is 0 Å². The molecule has 12 aromatic carbocycles. The predicted octanol–water partition coefficient (Wildman–Crippen LogP) is 15.9. The van der Waals surface area contributed by atoms with Crippen molar-refractivity contribution in [2.75, 3.05) is 0 Å². The molecule has 0 N–H and O–H groups in total. The summed E-state index contributed by atoms with van der Waals surface area (Å²) in [6, 6.07) is 76.5. The minimum absolute atomic E-state index is 1.22. The lowest BCUT2D eigenvalue weighted by Gasteiger charge is -2.22. The lowest BCUT2D eigenvalue weighted by Crippen LogP contribution is -1.94. The summed E-state index contributed by atoms with van der Waals surface area (Å²) in [5.41, 5.74) is 9.99. The van der Waals surface area contributed by atoms with Gasteiger partial charge in [0.05, 0.1) is 0 Å². The highest BCUT2D eigenvalue weighted by molar-refractivity contribution is 6.44. The van der Waals surface area contributed by atoms with Crippen LogP contribution in [0.15, 0.2) is 206 Å². The molecule has 0 unspecified atom stereocenters. The van der Waals surface area contributed by atoms with E-state index in [1.54, 1.807) is 0 Å². The molecule has 0 amide bonds. The molecule has 0 fully saturated rings. The van der Waals surface area contributed by atoms with Gasteiger partial charge in [0.2, 0.25) is 0 Å². The summed E-state index contributed by atoms with van der Waals surface area (Å²) in [5, 5.41) is 18.2. The van der Waals surface area contributed by atoms with Crippen LogP contribution in [0.5, 0.6) is 0 Å². The molecular formula is C56H34. The molecule has 56 heavy (non-hydrogen) atoms. The third kappa shape index (κ3) is 4.48. The zero-order valence-corrected chi connectivity index (χ0v) is 30.6. The van der Waals surface area contributed by atoms with Gasteiger partial charge in [-0.05, 0) is 132 Å². The second-order valence-corrected chi connectivity index (χ2v) is 15.1. The lowest BCUT2D eigenvalue weighted by atomic mass is 9.80. The standard InChI is InChI=1S/C56H34/c1-3-15-35(16-4-1)37-20-13-21-38(33-37)41-29-31-47(44-24-10-9-23-43(41)44)52-45-25-11-12-26-46(45)54-50-32-30-40(36-17-5-2-6-18-36)51-34-39-19-7-8-22-42(39)53(56(50)51)49-28-14-27-48(52)55(49)54/h1-34H. The van der Waals surface area contributed by atoms with Gasteiger partial charge in [-0.2, -0.15) is 0 Å². The molecule has 0 nitrogen and oxygen atoms in total. The van der Waals surface area contributed by atoms with E-state index < -0.39 is 0 Å². The van der Waals surface area contributed by atoms with E-state index >= 15 is 0 Å². The maximum absolute atomic E-state index is 2.42. The van der Waals surface area contributed by atoms with Crippen molar-refractivity contribution in [1.82, 2.24) is 0 Å². The summed E-state index contributed by atoms with van der Waals surface area (Å²) >= 11 is 0. The van der Waals surface area contributed by atoms with Crippen LogP contribution < -0.4 is 0 Å². The van der Waals surface area contributed by atoms with Gasteiger partial charge in [0.1, 0.15) is 0 Å². The van der Waals surface area contributed by atoms with Crippen LogP contribution in [0.1, 0.15) is 0 Å². The molecule has 0 spiro atoms. The average molecular weight is 707 g/mol. The van der Waals surface area contributed by atoms with Crippen LogP contribution in [-0.2, 0) is 0 Å². The van der Waals surface area contributed by atoms with Crippen molar-refractivity contribution in [3.63, 3.8) is 0 Å². The lowest BCUT2D eigenvalue weighted by molar-refractivity contribution is 1.60. The van der Waals surface area contributed by atoms with Crippen molar-refractivity contribution in [3.05, 3.63) is 206 Å². The SMILES string of the molecule is c1ccc(-c2cccc(-c3ccc(-c4c5ccccc5c5c6ccc(-c7ccccc7)c7cc8ccccc8c(c8cccc4c85)c76)c4ccccc34)c2)cc1. The summed E-state index contributed by atoms with van der Waals surface area (Å²) in [7, 11) is 0. The second kappa shape index (κ2) is 12.1. The molecule has 0 saturated heterocycles. The fourth-order valence-corrected chi connectivity index (χ4v) is 9.81. The molecule has 258 valence electrons. The molecule has 0 atom stereocenters. The van der Waals surface area contributed by atoms with Gasteiger partial charge in [-0.1, -0.05) is 194 Å². The Labute approximate surface area is 324 Å². The van der Waals surface area contributed by atoms with Gasteiger partial charge in [0.15, 0.2) is 0 Å². The van der Waals surface area contributed by atoms with Crippen molar-refractivity contribution < 1.29 is 0 Å². The van der Waals surface area contributed by atoms with Crippen molar-refractivity contribution >= 4 is 75.4 Å². The first-order valence-electron chi connectivity index (χ1n) is 19.5. The minimum atomic E-state index is 1.22. The molecule has 0 heteroatoms. The molecule has 0 aliphatic heterocycles. The van der Waals surface area contributed by atoms with E-state index in [-0.39, 0.29) is 0 Å². The first kappa shape index (κ1) is 31.1. The number of benzene rings is 12. The number of hydrogen-bond donors (Lipinski definition) is 0. The van der Waals surface area contributed by atoms with Crippen LogP contribution in [0.25, 0.3) is 120 Å². The Morgan fingerprint density at radius 1 is 0.196 bits per heavy atom. The monoisotopic (exact) mass is 706 g/mol. The van der Waals surface area contributed by atoms with E-state index in [1.165, 1.54) is 120 Å². The molecule has 0 radical (unpaired) electrons. The van der Waals surface area contributed by atoms with E-state index in [2.05, 4.69) is 206 Å². The fourth-order valence-electron chi connectivity index (χ4n) is 9.81. The predicted molar refractivity (Wildman–Crippen MR) is 242 cm³/mol. The van der Waals surface area contributed by atoms with Crippen LogP contribution >= 0.6 is 0 Å². The van der Waals surface area contributed by atoms with Gasteiger partial charge >= 0.3 is 0 Å². The molecule has 0 heterocycles. The Morgan fingerprint density at radius 2 is 0.661 bits per heavy atom. The van der Waals surface area contributed by atoms with E-state index in [9.17, 15) is 0 Å². The Bertz CT molecular complexity index is 3500. The summed E-state index contributed by atoms with van der Waals surface area (Å²) < 4.78 is 0. The van der Waals surface area contributed by atoms with E-state index in [4.69, 9.17) is 0 Å². The van der Waals surface area contributed by atoms with Gasteiger partial charge in [0, 0.05) is 0 Å². The van der Waals surface area contributed by atoms with Crippen LogP contribution in [0.2, 0.25) is 0 Å². The number of fused-ring (bicyclic) bond motifs is 7. The summed E-state index contributed by atoms with van der Waals surface area (Å²) in [4.78, 5) is 0. The molecule has 0 aromatic heterocycles. The maximum Gasteiger partial charge on any atom is -0.00134 e. The third-order valence-corrected chi connectivity index (χ3v) is 12.2. The highest BCUT2D eigenvalue weighted by atomic mass is 14.3. The van der Waals surface area contributed by atoms with E-state index in [0.29, 0.717) is 0 Å². The first-order valence-corrected chi connectivity index (χ1v) is 19.5. The Hall–Kier alpha value is -7.28. The molecule has 0 aliphatic carbocycles. The Morgan fingerprint density at radius 3 is 1.46 bits per heavy atom. The molecule has 0 saturated carbocycles. The first-order chi connectivity index (χ1) is 27.8. The van der Waals surface area contributed by atoms with Gasteiger partial charge in [0.25, 0.3) is 0 Å². The summed E-state index contributed by atoms with van der Waals surface area (Å²) in [5.74, 6) is 0. The zero-order chi connectivity index (χ0) is 36.7. The molecule has 12 aromatic rings. The average Bonchev–Trinajstić information content (AvgIpc) is 3.27. The molecule has 12 rings (SSSR count).